The second kappa shape index (κ2) is 9.21. The van der Waals surface area contributed by atoms with Crippen molar-refractivity contribution in [1.29, 1.82) is 0 Å². The number of carboxylic acid groups (broad SMARTS) is 1. The lowest BCUT2D eigenvalue weighted by molar-refractivity contribution is -0.138. The average Bonchev–Trinajstić information content (AvgIpc) is 2.75. The molecule has 0 aliphatic rings. The fourth-order valence-corrected chi connectivity index (χ4v) is 3.27. The molecule has 0 aliphatic heterocycles. The Labute approximate surface area is 180 Å². The van der Waals surface area contributed by atoms with E-state index in [4.69, 9.17) is 5.11 Å². The van der Waals surface area contributed by atoms with Gasteiger partial charge in [-0.2, -0.15) is 13.2 Å². The minimum atomic E-state index is -4.52. The first-order valence-corrected chi connectivity index (χ1v) is 9.65. The van der Waals surface area contributed by atoms with Gasteiger partial charge in [0.15, 0.2) is 0 Å². The normalized spacial score (nSPS) is 11.5. The lowest BCUT2D eigenvalue weighted by atomic mass is 10.1. The molecule has 0 amide bonds. The topological polar surface area (TPSA) is 98.5 Å². The molecule has 0 aliphatic carbocycles. The van der Waals surface area contributed by atoms with Crippen LogP contribution in [-0.4, -0.2) is 33.7 Å². The van der Waals surface area contributed by atoms with Gasteiger partial charge in [-0.25, -0.2) is 9.78 Å². The van der Waals surface area contributed by atoms with Gasteiger partial charge >= 0.3 is 18.1 Å². The third kappa shape index (κ3) is 4.96. The Morgan fingerprint density at radius 1 is 1.09 bits per heavy atom. The van der Waals surface area contributed by atoms with Crippen molar-refractivity contribution in [3.05, 3.63) is 69.8 Å². The highest BCUT2D eigenvalue weighted by atomic mass is 19.4. The molecule has 0 saturated heterocycles. The fourth-order valence-electron chi connectivity index (χ4n) is 3.27. The molecule has 2 aromatic carbocycles. The number of carbonyl (C=O) groups excluding carboxylic acids is 1. The summed E-state index contributed by atoms with van der Waals surface area (Å²) in [6.45, 7) is 0. The van der Waals surface area contributed by atoms with Crippen molar-refractivity contribution >= 4 is 22.8 Å². The Bertz CT molecular complexity index is 1220. The molecule has 0 spiro atoms. The van der Waals surface area contributed by atoms with Crippen molar-refractivity contribution in [3.63, 3.8) is 0 Å². The number of unbranched alkanes of at least 4 members (excludes halogenated alkanes) is 1. The second-order valence-corrected chi connectivity index (χ2v) is 7.04. The van der Waals surface area contributed by atoms with Gasteiger partial charge in [0.05, 0.1) is 34.8 Å². The van der Waals surface area contributed by atoms with Crippen LogP contribution in [0, 0.1) is 0 Å². The van der Waals surface area contributed by atoms with E-state index in [-0.39, 0.29) is 40.8 Å². The fraction of sp³-hybridized carbons (Fsp3) is 0.273. The molecule has 3 rings (SSSR count). The molecule has 0 atom stereocenters. The molecule has 3 aromatic rings. The molecule has 1 aromatic heterocycles. The number of rotatable bonds is 7. The van der Waals surface area contributed by atoms with Gasteiger partial charge in [0, 0.05) is 12.8 Å². The van der Waals surface area contributed by atoms with Gasteiger partial charge in [-0.3, -0.25) is 14.2 Å². The molecule has 1 heterocycles. The number of benzene rings is 2. The predicted octanol–water partition coefficient (Wildman–Crippen LogP) is 3.99. The highest BCUT2D eigenvalue weighted by Crippen LogP contribution is 2.29. The Balaban J connectivity index is 2.12. The number of aliphatic carboxylic acids is 1. The van der Waals surface area contributed by atoms with Crippen molar-refractivity contribution in [2.24, 2.45) is 0 Å². The maximum absolute atomic E-state index is 13.2. The number of aryl methyl sites for hydroxylation is 1. The van der Waals surface area contributed by atoms with E-state index in [2.05, 4.69) is 9.72 Å². The van der Waals surface area contributed by atoms with Crippen LogP contribution in [0.4, 0.5) is 13.2 Å². The number of aromatic nitrogens is 2. The van der Waals surface area contributed by atoms with Crippen LogP contribution in [0.2, 0.25) is 0 Å². The number of nitrogens with zero attached hydrogens (tertiary/aromatic N) is 2. The highest BCUT2D eigenvalue weighted by molar-refractivity contribution is 5.94. The van der Waals surface area contributed by atoms with Gasteiger partial charge in [-0.1, -0.05) is 0 Å². The van der Waals surface area contributed by atoms with Gasteiger partial charge in [0.2, 0.25) is 0 Å². The predicted molar refractivity (Wildman–Crippen MR) is 109 cm³/mol. The van der Waals surface area contributed by atoms with Crippen LogP contribution < -0.4 is 5.56 Å². The standard InChI is InChI=1S/C22H19F3N2O5/c1-32-21(31)13-6-11-16-17(12-13)26-18(4-2-3-5-19(28)29)27(20(16)30)15-9-7-14(8-10-15)22(23,24)25/h6-12H,2-5H2,1H3,(H,28,29). The van der Waals surface area contributed by atoms with Crippen molar-refractivity contribution in [3.8, 4) is 5.69 Å². The molecule has 10 heteroatoms. The Morgan fingerprint density at radius 2 is 1.78 bits per heavy atom. The zero-order valence-electron chi connectivity index (χ0n) is 17.0. The van der Waals surface area contributed by atoms with Crippen LogP contribution in [-0.2, 0) is 22.1 Å². The smallest absolute Gasteiger partial charge is 0.416 e. The number of hydrogen-bond acceptors (Lipinski definition) is 5. The number of carboxylic acids is 1. The van der Waals surface area contributed by atoms with Crippen LogP contribution in [0.15, 0.2) is 47.3 Å². The van der Waals surface area contributed by atoms with Crippen LogP contribution in [0.1, 0.15) is 41.0 Å². The summed E-state index contributed by atoms with van der Waals surface area (Å²) in [6.07, 6.45) is -3.65. The zero-order valence-corrected chi connectivity index (χ0v) is 17.0. The van der Waals surface area contributed by atoms with E-state index in [0.29, 0.717) is 12.8 Å². The third-order valence-corrected chi connectivity index (χ3v) is 4.85. The molecule has 1 N–H and O–H groups in total. The monoisotopic (exact) mass is 448 g/mol. The van der Waals surface area contributed by atoms with Crippen molar-refractivity contribution in [1.82, 2.24) is 9.55 Å². The number of ether oxygens (including phenoxy) is 1. The maximum atomic E-state index is 13.2. The van der Waals surface area contributed by atoms with Gasteiger partial charge in [0.1, 0.15) is 5.82 Å². The zero-order chi connectivity index (χ0) is 23.5. The summed E-state index contributed by atoms with van der Waals surface area (Å²) < 4.78 is 44.7. The lowest BCUT2D eigenvalue weighted by Gasteiger charge is -2.15. The van der Waals surface area contributed by atoms with Gasteiger partial charge in [0.25, 0.3) is 5.56 Å². The molecule has 7 nitrogen and oxygen atoms in total. The molecule has 32 heavy (non-hydrogen) atoms. The summed E-state index contributed by atoms with van der Waals surface area (Å²) in [5, 5.41) is 8.99. The third-order valence-electron chi connectivity index (χ3n) is 4.85. The first-order chi connectivity index (χ1) is 15.1. The summed E-state index contributed by atoms with van der Waals surface area (Å²) in [7, 11) is 1.22. The molecule has 168 valence electrons. The first-order valence-electron chi connectivity index (χ1n) is 9.65. The number of esters is 1. The van der Waals surface area contributed by atoms with Crippen molar-refractivity contribution < 1.29 is 32.6 Å². The largest absolute Gasteiger partial charge is 0.481 e. The number of halogens is 3. The van der Waals surface area contributed by atoms with Crippen molar-refractivity contribution in [2.45, 2.75) is 31.9 Å². The summed E-state index contributed by atoms with van der Waals surface area (Å²) in [4.78, 5) is 40.3. The maximum Gasteiger partial charge on any atom is 0.416 e. The van der Waals surface area contributed by atoms with E-state index in [1.165, 1.54) is 42.0 Å². The average molecular weight is 448 g/mol. The highest BCUT2D eigenvalue weighted by Gasteiger charge is 2.30. The second-order valence-electron chi connectivity index (χ2n) is 7.04. The van der Waals surface area contributed by atoms with Crippen LogP contribution >= 0.6 is 0 Å². The molecule has 0 saturated carbocycles. The lowest BCUT2D eigenvalue weighted by Crippen LogP contribution is -2.24. The first kappa shape index (κ1) is 23.0. The number of fused-ring (bicyclic) bond motifs is 1. The Kier molecular flexibility index (Phi) is 6.61. The van der Waals surface area contributed by atoms with E-state index in [1.54, 1.807) is 0 Å². The summed E-state index contributed by atoms with van der Waals surface area (Å²) in [6, 6.07) is 8.33. The van der Waals surface area contributed by atoms with Crippen molar-refractivity contribution in [2.75, 3.05) is 7.11 Å². The number of methoxy groups -OCH3 is 1. The van der Waals surface area contributed by atoms with Gasteiger partial charge in [-0.05, 0) is 55.3 Å². The van der Waals surface area contributed by atoms with Gasteiger partial charge in [-0.15, -0.1) is 0 Å². The summed E-state index contributed by atoms with van der Waals surface area (Å²) >= 11 is 0. The number of hydrogen-bond donors (Lipinski definition) is 1. The quantitative estimate of drug-likeness (QED) is 0.434. The minimum Gasteiger partial charge on any atom is -0.481 e. The van der Waals surface area contributed by atoms with Crippen LogP contribution in [0.25, 0.3) is 16.6 Å². The summed E-state index contributed by atoms with van der Waals surface area (Å²) in [5.74, 6) is -1.32. The number of carbonyl (C=O) groups is 2. The Hall–Kier alpha value is -3.69. The molecule has 0 bridgehead atoms. The Morgan fingerprint density at radius 3 is 2.38 bits per heavy atom. The van der Waals surface area contributed by atoms with E-state index in [9.17, 15) is 27.6 Å². The molecular formula is C22H19F3N2O5. The summed E-state index contributed by atoms with van der Waals surface area (Å²) in [5.41, 5.74) is -0.749. The van der Waals surface area contributed by atoms with E-state index in [1.807, 2.05) is 0 Å². The van der Waals surface area contributed by atoms with E-state index in [0.717, 1.165) is 12.1 Å². The molecule has 0 unspecified atom stereocenters. The molecular weight excluding hydrogens is 429 g/mol. The number of alkyl halides is 3. The van der Waals surface area contributed by atoms with Gasteiger partial charge < -0.3 is 9.84 Å². The van der Waals surface area contributed by atoms with Crippen LogP contribution in [0.3, 0.4) is 0 Å². The molecule has 0 fully saturated rings. The van der Waals surface area contributed by atoms with E-state index < -0.39 is 29.2 Å². The minimum absolute atomic E-state index is 0.0649. The van der Waals surface area contributed by atoms with E-state index >= 15 is 0 Å². The molecule has 0 radical (unpaired) electrons. The SMILES string of the molecule is COC(=O)c1ccc2c(=O)n(-c3ccc(C(F)(F)F)cc3)c(CCCCC(=O)O)nc2c1. The van der Waals surface area contributed by atoms with Crippen LogP contribution in [0.5, 0.6) is 0 Å².